The molecule has 36 heavy (non-hydrogen) atoms. The summed E-state index contributed by atoms with van der Waals surface area (Å²) < 4.78 is 8.72. The van der Waals surface area contributed by atoms with Gasteiger partial charge in [0, 0.05) is 21.9 Å². The number of aromatic nitrogens is 2. The average Bonchev–Trinajstić information content (AvgIpc) is 3.47. The maximum absolute atomic E-state index is 6.41. The number of benzene rings is 5. The minimum Gasteiger partial charge on any atom is -0.455 e. The van der Waals surface area contributed by atoms with E-state index < -0.39 is 0 Å². The van der Waals surface area contributed by atoms with E-state index >= 15 is 0 Å². The number of hydrogen-bond acceptors (Lipinski definition) is 2. The SMILES string of the molecule is Cc1cccc(C)c1-n1c(-c2ccc3oc4c(-c5ccccc5)cccc4c3c2)nc2ccccc21. The first kappa shape index (κ1) is 20.7. The van der Waals surface area contributed by atoms with Gasteiger partial charge in [-0.15, -0.1) is 0 Å². The highest BCUT2D eigenvalue weighted by molar-refractivity contribution is 6.10. The maximum Gasteiger partial charge on any atom is 0.145 e. The molecule has 0 saturated heterocycles. The third kappa shape index (κ3) is 3.10. The molecule has 172 valence electrons. The van der Waals surface area contributed by atoms with Crippen LogP contribution in [-0.2, 0) is 0 Å². The van der Waals surface area contributed by atoms with E-state index in [1.165, 1.54) is 16.8 Å². The van der Waals surface area contributed by atoms with Crippen molar-refractivity contribution in [3.8, 4) is 28.2 Å². The van der Waals surface area contributed by atoms with Crippen molar-refractivity contribution < 1.29 is 4.42 Å². The van der Waals surface area contributed by atoms with Crippen LogP contribution >= 0.6 is 0 Å². The monoisotopic (exact) mass is 464 g/mol. The molecule has 0 fully saturated rings. The van der Waals surface area contributed by atoms with Gasteiger partial charge >= 0.3 is 0 Å². The van der Waals surface area contributed by atoms with E-state index in [4.69, 9.17) is 9.40 Å². The highest BCUT2D eigenvalue weighted by Gasteiger charge is 2.19. The Morgan fingerprint density at radius 2 is 1.39 bits per heavy atom. The summed E-state index contributed by atoms with van der Waals surface area (Å²) in [7, 11) is 0. The molecule has 0 unspecified atom stereocenters. The Kier molecular flexibility index (Phi) is 4.58. The van der Waals surface area contributed by atoms with Gasteiger partial charge in [0.1, 0.15) is 17.0 Å². The Hall–Kier alpha value is -4.63. The van der Waals surface area contributed by atoms with Crippen LogP contribution in [0.4, 0.5) is 0 Å². The Bertz CT molecular complexity index is 1890. The number of imidazole rings is 1. The van der Waals surface area contributed by atoms with Crippen molar-refractivity contribution in [1.29, 1.82) is 0 Å². The summed E-state index contributed by atoms with van der Waals surface area (Å²) in [6.07, 6.45) is 0. The van der Waals surface area contributed by atoms with Gasteiger partial charge in [-0.3, -0.25) is 4.57 Å². The van der Waals surface area contributed by atoms with Crippen molar-refractivity contribution >= 4 is 33.0 Å². The molecule has 2 heterocycles. The van der Waals surface area contributed by atoms with Crippen molar-refractivity contribution in [2.75, 3.05) is 0 Å². The minimum absolute atomic E-state index is 0.881. The van der Waals surface area contributed by atoms with Gasteiger partial charge < -0.3 is 4.42 Å². The molecule has 0 spiro atoms. The van der Waals surface area contributed by atoms with Gasteiger partial charge in [0.05, 0.1) is 16.7 Å². The smallest absolute Gasteiger partial charge is 0.145 e. The van der Waals surface area contributed by atoms with E-state index in [-0.39, 0.29) is 0 Å². The van der Waals surface area contributed by atoms with Crippen LogP contribution < -0.4 is 0 Å². The fourth-order valence-corrected chi connectivity index (χ4v) is 5.39. The van der Waals surface area contributed by atoms with Crippen LogP contribution in [-0.4, -0.2) is 9.55 Å². The third-order valence-corrected chi connectivity index (χ3v) is 7.06. The normalized spacial score (nSPS) is 11.6. The van der Waals surface area contributed by atoms with E-state index in [0.717, 1.165) is 55.5 Å². The van der Waals surface area contributed by atoms with E-state index in [9.17, 15) is 0 Å². The maximum atomic E-state index is 6.41. The quantitative estimate of drug-likeness (QED) is 0.261. The van der Waals surface area contributed by atoms with Crippen LogP contribution in [0.15, 0.2) is 114 Å². The molecule has 0 aliphatic rings. The van der Waals surface area contributed by atoms with Crippen LogP contribution in [0.25, 0.3) is 61.2 Å². The topological polar surface area (TPSA) is 31.0 Å². The van der Waals surface area contributed by atoms with Crippen molar-refractivity contribution in [2.24, 2.45) is 0 Å². The lowest BCUT2D eigenvalue weighted by molar-refractivity contribution is 0.670. The molecule has 7 rings (SSSR count). The van der Waals surface area contributed by atoms with Gasteiger partial charge in [-0.25, -0.2) is 4.98 Å². The van der Waals surface area contributed by atoms with Gasteiger partial charge in [0.25, 0.3) is 0 Å². The van der Waals surface area contributed by atoms with E-state index in [1.54, 1.807) is 0 Å². The van der Waals surface area contributed by atoms with Gasteiger partial charge in [-0.1, -0.05) is 78.9 Å². The zero-order chi connectivity index (χ0) is 24.2. The first-order valence-corrected chi connectivity index (χ1v) is 12.2. The lowest BCUT2D eigenvalue weighted by Gasteiger charge is -2.15. The molecule has 0 aliphatic heterocycles. The molecule has 5 aromatic carbocycles. The Labute approximate surface area is 209 Å². The Morgan fingerprint density at radius 1 is 0.639 bits per heavy atom. The number of furan rings is 1. The molecule has 3 heteroatoms. The number of hydrogen-bond donors (Lipinski definition) is 0. The summed E-state index contributed by atoms with van der Waals surface area (Å²) >= 11 is 0. The first-order valence-electron chi connectivity index (χ1n) is 12.2. The molecule has 0 aliphatic carbocycles. The van der Waals surface area contributed by atoms with Crippen LogP contribution in [0.5, 0.6) is 0 Å². The molecular weight excluding hydrogens is 440 g/mol. The Morgan fingerprint density at radius 3 is 2.22 bits per heavy atom. The second-order valence-electron chi connectivity index (χ2n) is 9.36. The van der Waals surface area contributed by atoms with Crippen LogP contribution in [0.1, 0.15) is 11.1 Å². The zero-order valence-electron chi connectivity index (χ0n) is 20.2. The van der Waals surface area contributed by atoms with E-state index in [1.807, 2.05) is 12.1 Å². The number of para-hydroxylation sites is 4. The van der Waals surface area contributed by atoms with Crippen LogP contribution in [0, 0.1) is 13.8 Å². The molecule has 0 N–H and O–H groups in total. The summed E-state index contributed by atoms with van der Waals surface area (Å²) in [5.41, 5.74) is 10.8. The molecule has 3 nitrogen and oxygen atoms in total. The second-order valence-corrected chi connectivity index (χ2v) is 9.36. The summed E-state index contributed by atoms with van der Waals surface area (Å²) in [5.74, 6) is 0.934. The summed E-state index contributed by atoms with van der Waals surface area (Å²) in [6.45, 7) is 4.33. The molecule has 0 bridgehead atoms. The molecule has 0 amide bonds. The molecule has 2 aromatic heterocycles. The Balaban J connectivity index is 1.50. The highest BCUT2D eigenvalue weighted by atomic mass is 16.3. The fraction of sp³-hybridized carbons (Fsp3) is 0.0606. The van der Waals surface area contributed by atoms with Crippen molar-refractivity contribution in [1.82, 2.24) is 9.55 Å². The van der Waals surface area contributed by atoms with Crippen LogP contribution in [0.3, 0.4) is 0 Å². The molecular formula is C33H24N2O. The lowest BCUT2D eigenvalue weighted by Crippen LogP contribution is -2.02. The minimum atomic E-state index is 0.881. The van der Waals surface area contributed by atoms with Crippen molar-refractivity contribution in [3.63, 3.8) is 0 Å². The molecule has 0 atom stereocenters. The van der Waals surface area contributed by atoms with Crippen LogP contribution in [0.2, 0.25) is 0 Å². The predicted molar refractivity (Wildman–Crippen MR) is 149 cm³/mol. The predicted octanol–water partition coefficient (Wildman–Crippen LogP) is 8.88. The average molecular weight is 465 g/mol. The molecule has 7 aromatic rings. The standard InChI is InChI=1S/C33H24N2O/c1-21-10-8-11-22(2)31(21)35-29-17-7-6-16-28(29)34-33(35)24-18-19-30-27(20-24)26-15-9-14-25(32(26)36-30)23-12-4-3-5-13-23/h3-20H,1-2H3. The third-order valence-electron chi connectivity index (χ3n) is 7.06. The van der Waals surface area contributed by atoms with E-state index in [2.05, 4.69) is 115 Å². The highest BCUT2D eigenvalue weighted by Crippen LogP contribution is 2.38. The van der Waals surface area contributed by atoms with Gasteiger partial charge in [-0.2, -0.15) is 0 Å². The van der Waals surface area contributed by atoms with Crippen molar-refractivity contribution in [2.45, 2.75) is 13.8 Å². The van der Waals surface area contributed by atoms with Gasteiger partial charge in [0.15, 0.2) is 0 Å². The number of nitrogens with zero attached hydrogens (tertiary/aromatic N) is 2. The van der Waals surface area contributed by atoms with Crippen molar-refractivity contribution in [3.05, 3.63) is 120 Å². The number of fused-ring (bicyclic) bond motifs is 4. The fourth-order valence-electron chi connectivity index (χ4n) is 5.39. The molecule has 0 saturated carbocycles. The summed E-state index contributed by atoms with van der Waals surface area (Å²) in [6, 6.07) is 38.0. The summed E-state index contributed by atoms with van der Waals surface area (Å²) in [4.78, 5) is 5.11. The largest absolute Gasteiger partial charge is 0.455 e. The second kappa shape index (κ2) is 7.96. The zero-order valence-corrected chi connectivity index (χ0v) is 20.2. The summed E-state index contributed by atoms with van der Waals surface area (Å²) in [5, 5.41) is 2.21. The van der Waals surface area contributed by atoms with Gasteiger partial charge in [0.2, 0.25) is 0 Å². The molecule has 0 radical (unpaired) electrons. The lowest BCUT2D eigenvalue weighted by atomic mass is 10.0. The first-order chi connectivity index (χ1) is 17.7. The number of rotatable bonds is 3. The van der Waals surface area contributed by atoms with Gasteiger partial charge in [-0.05, 0) is 60.9 Å². The van der Waals surface area contributed by atoms with E-state index in [0.29, 0.717) is 0 Å². The number of aryl methyl sites for hydroxylation is 2.